The van der Waals surface area contributed by atoms with Gasteiger partial charge in [0.1, 0.15) is 5.60 Å². The molecule has 0 aromatic rings. The number of rotatable bonds is 0. The quantitative estimate of drug-likeness (QED) is 0.644. The van der Waals surface area contributed by atoms with Gasteiger partial charge in [-0.05, 0) is 34.1 Å². The summed E-state index contributed by atoms with van der Waals surface area (Å²) in [4.78, 5) is 13.2. The van der Waals surface area contributed by atoms with Gasteiger partial charge >= 0.3 is 6.09 Å². The van der Waals surface area contributed by atoms with Gasteiger partial charge in [0.25, 0.3) is 0 Å². The Hall–Kier alpha value is -0.770. The Morgan fingerprint density at radius 3 is 2.43 bits per heavy atom. The number of aliphatic hydroxyl groups excluding tert-OH is 1. The highest BCUT2D eigenvalue weighted by atomic mass is 16.6. The van der Waals surface area contributed by atoms with E-state index in [9.17, 15) is 9.90 Å². The smallest absolute Gasteiger partial charge is 0.410 e. The minimum atomic E-state index is -0.468. The summed E-state index contributed by atoms with van der Waals surface area (Å²) in [5, 5.41) is 9.47. The van der Waals surface area contributed by atoms with Gasteiger partial charge in [-0.15, -0.1) is 0 Å². The van der Waals surface area contributed by atoms with E-state index in [1.54, 1.807) is 4.90 Å². The molecule has 0 unspecified atom stereocenters. The van der Waals surface area contributed by atoms with Crippen molar-refractivity contribution in [2.24, 2.45) is 0 Å². The molecule has 0 aromatic heterocycles. The predicted molar refractivity (Wildman–Crippen MR) is 53.0 cm³/mol. The Morgan fingerprint density at radius 1 is 1.50 bits per heavy atom. The molecular weight excluding hydrogens is 182 g/mol. The molecular formula is C10H19NO3. The Balaban J connectivity index is 2.54. The van der Waals surface area contributed by atoms with E-state index in [2.05, 4.69) is 0 Å². The maximum atomic E-state index is 11.6. The van der Waals surface area contributed by atoms with E-state index in [0.717, 1.165) is 0 Å². The monoisotopic (exact) mass is 201 g/mol. The number of hydrogen-bond donors (Lipinski definition) is 1. The number of amides is 1. The number of carbonyl (C=O) groups excluding carboxylic acids is 1. The third-order valence-corrected chi connectivity index (χ3v) is 2.34. The zero-order chi connectivity index (χ0) is 10.9. The molecule has 1 N–H and O–H groups in total. The van der Waals surface area contributed by atoms with E-state index in [4.69, 9.17) is 4.74 Å². The third kappa shape index (κ3) is 2.61. The third-order valence-electron chi connectivity index (χ3n) is 2.34. The number of ether oxygens (including phenoxy) is 1. The van der Waals surface area contributed by atoms with Gasteiger partial charge in [-0.2, -0.15) is 0 Å². The molecule has 0 aliphatic carbocycles. The maximum absolute atomic E-state index is 11.6. The van der Waals surface area contributed by atoms with E-state index in [1.807, 2.05) is 27.7 Å². The summed E-state index contributed by atoms with van der Waals surface area (Å²) < 4.78 is 5.22. The highest BCUT2D eigenvalue weighted by molar-refractivity contribution is 5.69. The maximum Gasteiger partial charge on any atom is 0.410 e. The van der Waals surface area contributed by atoms with Gasteiger partial charge in [-0.25, -0.2) is 4.79 Å². The molecule has 1 aliphatic rings. The van der Waals surface area contributed by atoms with E-state index in [0.29, 0.717) is 13.0 Å². The number of likely N-dealkylation sites (tertiary alicyclic amines) is 1. The summed E-state index contributed by atoms with van der Waals surface area (Å²) in [6, 6.07) is -0.134. The fourth-order valence-corrected chi connectivity index (χ4v) is 1.50. The van der Waals surface area contributed by atoms with Crippen molar-refractivity contribution in [2.45, 2.75) is 51.9 Å². The van der Waals surface area contributed by atoms with E-state index in [1.165, 1.54) is 0 Å². The molecule has 0 bridgehead atoms. The molecule has 4 heteroatoms. The number of hydrogen-bond acceptors (Lipinski definition) is 3. The number of aliphatic hydroxyl groups is 1. The molecule has 82 valence electrons. The van der Waals surface area contributed by atoms with E-state index >= 15 is 0 Å². The molecule has 0 radical (unpaired) electrons. The van der Waals surface area contributed by atoms with Gasteiger partial charge in [-0.3, -0.25) is 0 Å². The van der Waals surface area contributed by atoms with Gasteiger partial charge in [0.2, 0.25) is 0 Å². The van der Waals surface area contributed by atoms with Gasteiger partial charge in [0.05, 0.1) is 12.1 Å². The lowest BCUT2D eigenvalue weighted by Crippen LogP contribution is -2.40. The van der Waals surface area contributed by atoms with Gasteiger partial charge in [-0.1, -0.05) is 0 Å². The van der Waals surface area contributed by atoms with Gasteiger partial charge in [0.15, 0.2) is 0 Å². The van der Waals surface area contributed by atoms with Crippen LogP contribution in [0.15, 0.2) is 0 Å². The molecule has 1 amide bonds. The van der Waals surface area contributed by atoms with Crippen LogP contribution >= 0.6 is 0 Å². The molecule has 1 saturated heterocycles. The highest BCUT2D eigenvalue weighted by Crippen LogP contribution is 2.20. The van der Waals surface area contributed by atoms with Crippen molar-refractivity contribution in [1.82, 2.24) is 4.90 Å². The molecule has 2 atom stereocenters. The summed E-state index contributed by atoms with van der Waals surface area (Å²) >= 11 is 0. The van der Waals surface area contributed by atoms with Crippen LogP contribution in [0.3, 0.4) is 0 Å². The van der Waals surface area contributed by atoms with Crippen molar-refractivity contribution in [2.75, 3.05) is 6.54 Å². The average Bonchev–Trinajstić information content (AvgIpc) is 2.29. The van der Waals surface area contributed by atoms with Crippen LogP contribution in [0.5, 0.6) is 0 Å². The Labute approximate surface area is 84.8 Å². The average molecular weight is 201 g/mol. The van der Waals surface area contributed by atoms with Crippen molar-refractivity contribution in [3.63, 3.8) is 0 Å². The summed E-state index contributed by atoms with van der Waals surface area (Å²) in [6.45, 7) is 7.92. The minimum Gasteiger partial charge on any atom is -0.444 e. The topological polar surface area (TPSA) is 49.8 Å². The molecule has 0 spiro atoms. The standard InChI is InChI=1S/C10H19NO3/c1-7-8(12)5-6-11(7)9(13)14-10(2,3)4/h7-8,12H,5-6H2,1-4H3/t7-,8-/m0/s1. The van der Waals surface area contributed by atoms with Crippen molar-refractivity contribution in [3.8, 4) is 0 Å². The predicted octanol–water partition coefficient (Wildman–Crippen LogP) is 1.38. The van der Waals surface area contributed by atoms with Crippen LogP contribution in [0.2, 0.25) is 0 Å². The first-order valence-electron chi connectivity index (χ1n) is 4.99. The molecule has 1 aliphatic heterocycles. The molecule has 0 aromatic carbocycles. The van der Waals surface area contributed by atoms with E-state index in [-0.39, 0.29) is 12.1 Å². The SMILES string of the molecule is C[C@H]1[C@@H](O)CCN1C(=O)OC(C)(C)C. The summed E-state index contributed by atoms with van der Waals surface area (Å²) in [6.07, 6.45) is -0.107. The lowest BCUT2D eigenvalue weighted by atomic mass is 10.2. The molecule has 1 rings (SSSR count). The fourth-order valence-electron chi connectivity index (χ4n) is 1.50. The van der Waals surface area contributed by atoms with Crippen LogP contribution in [0.4, 0.5) is 4.79 Å². The first-order valence-corrected chi connectivity index (χ1v) is 4.99. The van der Waals surface area contributed by atoms with Crippen molar-refractivity contribution < 1.29 is 14.6 Å². The molecule has 1 heterocycles. The largest absolute Gasteiger partial charge is 0.444 e. The highest BCUT2D eigenvalue weighted by Gasteiger charge is 2.34. The molecule has 4 nitrogen and oxygen atoms in total. The zero-order valence-electron chi connectivity index (χ0n) is 9.28. The molecule has 0 saturated carbocycles. The fraction of sp³-hybridized carbons (Fsp3) is 0.900. The van der Waals surface area contributed by atoms with Crippen LogP contribution in [0.1, 0.15) is 34.1 Å². The Morgan fingerprint density at radius 2 is 2.07 bits per heavy atom. The minimum absolute atomic E-state index is 0.134. The zero-order valence-corrected chi connectivity index (χ0v) is 9.28. The van der Waals surface area contributed by atoms with Crippen LogP contribution in [0, 0.1) is 0 Å². The van der Waals surface area contributed by atoms with Gasteiger partial charge in [0, 0.05) is 6.54 Å². The Bertz CT molecular complexity index is 222. The summed E-state index contributed by atoms with van der Waals surface area (Å²) in [7, 11) is 0. The second kappa shape index (κ2) is 3.77. The number of carbonyl (C=O) groups is 1. The van der Waals surface area contributed by atoms with Crippen LogP contribution < -0.4 is 0 Å². The second-order valence-corrected chi connectivity index (χ2v) is 4.77. The summed E-state index contributed by atoms with van der Waals surface area (Å²) in [5.74, 6) is 0. The second-order valence-electron chi connectivity index (χ2n) is 4.77. The lowest BCUT2D eigenvalue weighted by molar-refractivity contribution is 0.0178. The van der Waals surface area contributed by atoms with Crippen molar-refractivity contribution in [3.05, 3.63) is 0 Å². The van der Waals surface area contributed by atoms with Crippen LogP contribution in [-0.2, 0) is 4.74 Å². The number of nitrogens with zero attached hydrogens (tertiary/aromatic N) is 1. The van der Waals surface area contributed by atoms with Crippen molar-refractivity contribution in [1.29, 1.82) is 0 Å². The summed E-state index contributed by atoms with van der Waals surface area (Å²) in [5.41, 5.74) is -0.468. The van der Waals surface area contributed by atoms with E-state index < -0.39 is 11.7 Å². The van der Waals surface area contributed by atoms with Crippen LogP contribution in [0.25, 0.3) is 0 Å². The van der Waals surface area contributed by atoms with Gasteiger partial charge < -0.3 is 14.7 Å². The van der Waals surface area contributed by atoms with Crippen LogP contribution in [-0.4, -0.2) is 40.4 Å². The normalized spacial score (nSPS) is 27.9. The molecule has 14 heavy (non-hydrogen) atoms. The van der Waals surface area contributed by atoms with Crippen molar-refractivity contribution >= 4 is 6.09 Å². The lowest BCUT2D eigenvalue weighted by Gasteiger charge is -2.27. The molecule has 1 fully saturated rings. The first kappa shape index (κ1) is 11.3. The Kier molecular flexibility index (Phi) is 3.04. The first-order chi connectivity index (χ1) is 6.31.